The molecular weight excluding hydrogens is 635 g/mol. The zero-order valence-corrected chi connectivity index (χ0v) is 22.8. The van der Waals surface area contributed by atoms with Crippen molar-refractivity contribution in [2.75, 3.05) is 13.1 Å². The van der Waals surface area contributed by atoms with Crippen molar-refractivity contribution in [1.29, 1.82) is 5.26 Å². The smallest absolute Gasteiger partial charge is 0.475 e. The quantitative estimate of drug-likeness (QED) is 0.393. The minimum Gasteiger partial charge on any atom is -0.475 e. The first kappa shape index (κ1) is 38.6. The normalized spacial score (nSPS) is 18.0. The number of likely N-dealkylation sites (tertiary alicyclic amines) is 2. The third kappa shape index (κ3) is 13.8. The third-order valence-electron chi connectivity index (χ3n) is 6.08. The van der Waals surface area contributed by atoms with E-state index in [2.05, 4.69) is 33.0 Å². The van der Waals surface area contributed by atoms with Crippen LogP contribution in [0.5, 0.6) is 0 Å². The monoisotopic (exact) mass is 660 g/mol. The molecular formula is C26H25F9N4O6. The summed E-state index contributed by atoms with van der Waals surface area (Å²) < 4.78 is 95.2. The Hall–Kier alpha value is -4.44. The molecule has 19 heteroatoms. The van der Waals surface area contributed by atoms with Gasteiger partial charge in [0.2, 0.25) is 0 Å². The number of benzene rings is 1. The second-order valence-electron chi connectivity index (χ2n) is 9.24. The summed E-state index contributed by atoms with van der Waals surface area (Å²) in [6, 6.07) is 15.8. The van der Waals surface area contributed by atoms with Crippen LogP contribution in [-0.2, 0) is 27.5 Å². The molecule has 4 rings (SSSR count). The zero-order valence-electron chi connectivity index (χ0n) is 22.8. The zero-order chi connectivity index (χ0) is 34.6. The van der Waals surface area contributed by atoms with Gasteiger partial charge in [-0.1, -0.05) is 18.2 Å². The van der Waals surface area contributed by atoms with Gasteiger partial charge in [0.1, 0.15) is 0 Å². The van der Waals surface area contributed by atoms with E-state index in [0.29, 0.717) is 12.1 Å². The lowest BCUT2D eigenvalue weighted by molar-refractivity contribution is -0.193. The van der Waals surface area contributed by atoms with Crippen LogP contribution in [0.4, 0.5) is 39.5 Å². The highest BCUT2D eigenvalue weighted by atomic mass is 19.4. The van der Waals surface area contributed by atoms with Gasteiger partial charge < -0.3 is 15.3 Å². The lowest BCUT2D eigenvalue weighted by Gasteiger charge is -2.25. The van der Waals surface area contributed by atoms with Gasteiger partial charge >= 0.3 is 36.4 Å². The number of halogens is 9. The number of hydrogen-bond acceptors (Lipinski definition) is 7. The van der Waals surface area contributed by atoms with Gasteiger partial charge in [0, 0.05) is 50.7 Å². The number of carboxylic acid groups (broad SMARTS) is 3. The number of aliphatic carboxylic acids is 3. The maximum absolute atomic E-state index is 10.6. The molecule has 2 aliphatic rings. The first-order chi connectivity index (χ1) is 20.7. The molecule has 0 saturated carbocycles. The molecule has 2 atom stereocenters. The number of alkyl halides is 9. The Kier molecular flexibility index (Phi) is 14.2. The van der Waals surface area contributed by atoms with Crippen molar-refractivity contribution in [1.82, 2.24) is 14.8 Å². The van der Waals surface area contributed by atoms with Crippen molar-refractivity contribution in [3.63, 3.8) is 0 Å². The molecule has 0 spiro atoms. The van der Waals surface area contributed by atoms with E-state index in [1.165, 1.54) is 30.5 Å². The molecule has 3 heterocycles. The van der Waals surface area contributed by atoms with Gasteiger partial charge in [-0.3, -0.25) is 14.8 Å². The van der Waals surface area contributed by atoms with Crippen LogP contribution in [0.2, 0.25) is 0 Å². The molecule has 0 unspecified atom stereocenters. The van der Waals surface area contributed by atoms with Gasteiger partial charge in [-0.2, -0.15) is 44.8 Å². The van der Waals surface area contributed by atoms with E-state index in [-0.39, 0.29) is 0 Å². The number of rotatable bonds is 4. The molecule has 248 valence electrons. The number of hydrogen-bond donors (Lipinski definition) is 3. The molecule has 2 aliphatic heterocycles. The topological polar surface area (TPSA) is 155 Å². The molecule has 0 radical (unpaired) electrons. The standard InChI is InChI=1S/C20H22N4.3C2HF3O2/c21-12-16-3-1-4-17(11-16)14-23-9-6-20-19(23)7-10-24(20)15-18-5-2-8-22-13-18;3*3-2(4,5)1(6)7/h1-5,8,11,13,19-20H,6-7,9-10,14-15H2;3*(H,6,7)/t19-,20+;;;/m1.../s1. The van der Waals surface area contributed by atoms with Gasteiger partial charge in [-0.05, 0) is 42.2 Å². The van der Waals surface area contributed by atoms with E-state index in [1.54, 1.807) is 0 Å². The molecule has 45 heavy (non-hydrogen) atoms. The van der Waals surface area contributed by atoms with Crippen LogP contribution in [0, 0.1) is 11.3 Å². The van der Waals surface area contributed by atoms with Crippen molar-refractivity contribution in [2.45, 2.75) is 56.5 Å². The SMILES string of the molecule is N#Cc1cccc(CN2CC[C@H]3[C@H]2CCN3Cc2cccnc2)c1.O=C(O)C(F)(F)F.O=C(O)C(F)(F)F.O=C(O)C(F)(F)F. The molecule has 0 aliphatic carbocycles. The van der Waals surface area contributed by atoms with Crippen molar-refractivity contribution in [3.8, 4) is 6.07 Å². The Labute approximate surface area is 248 Å². The summed E-state index contributed by atoms with van der Waals surface area (Å²) in [5.74, 6) is -8.27. The average Bonchev–Trinajstić information content (AvgIpc) is 3.52. The van der Waals surface area contributed by atoms with Gasteiger partial charge in [-0.15, -0.1) is 0 Å². The number of pyridine rings is 1. The lowest BCUT2D eigenvalue weighted by atomic mass is 10.1. The molecule has 3 N–H and O–H groups in total. The minimum atomic E-state index is -5.08. The van der Waals surface area contributed by atoms with Gasteiger partial charge in [0.15, 0.2) is 0 Å². The molecule has 2 aromatic rings. The highest BCUT2D eigenvalue weighted by Crippen LogP contribution is 2.33. The summed E-state index contributed by atoms with van der Waals surface area (Å²) in [5.41, 5.74) is 3.31. The van der Waals surface area contributed by atoms with Gasteiger partial charge in [0.25, 0.3) is 0 Å². The van der Waals surface area contributed by atoms with Crippen LogP contribution in [0.15, 0.2) is 48.8 Å². The van der Waals surface area contributed by atoms with E-state index in [4.69, 9.17) is 35.0 Å². The van der Waals surface area contributed by atoms with E-state index >= 15 is 0 Å². The van der Waals surface area contributed by atoms with E-state index in [9.17, 15) is 39.5 Å². The Morgan fingerprint density at radius 1 is 0.756 bits per heavy atom. The fraction of sp³-hybridized carbons (Fsp3) is 0.423. The summed E-state index contributed by atoms with van der Waals surface area (Å²) in [5, 5.41) is 30.4. The fourth-order valence-electron chi connectivity index (χ4n) is 4.26. The Morgan fingerprint density at radius 3 is 1.51 bits per heavy atom. The van der Waals surface area contributed by atoms with Crippen molar-refractivity contribution < 1.29 is 69.2 Å². The number of fused-ring (bicyclic) bond motifs is 1. The first-order valence-corrected chi connectivity index (χ1v) is 12.4. The predicted octanol–water partition coefficient (Wildman–Crippen LogP) is 4.70. The number of nitrogens with zero attached hydrogens (tertiary/aromatic N) is 4. The van der Waals surface area contributed by atoms with Crippen molar-refractivity contribution >= 4 is 17.9 Å². The van der Waals surface area contributed by atoms with Crippen LogP contribution in [0.1, 0.15) is 29.5 Å². The Morgan fingerprint density at radius 2 is 1.16 bits per heavy atom. The summed E-state index contributed by atoms with van der Waals surface area (Å²) in [4.78, 5) is 36.1. The van der Waals surface area contributed by atoms with Crippen LogP contribution >= 0.6 is 0 Å². The van der Waals surface area contributed by atoms with Crippen LogP contribution < -0.4 is 0 Å². The summed E-state index contributed by atoms with van der Waals surface area (Å²) in [6.45, 7) is 4.28. The summed E-state index contributed by atoms with van der Waals surface area (Å²) in [7, 11) is 0. The molecule has 1 aromatic carbocycles. The van der Waals surface area contributed by atoms with Crippen molar-refractivity contribution in [2.24, 2.45) is 0 Å². The molecule has 0 amide bonds. The Balaban J connectivity index is 0.000000396. The highest BCUT2D eigenvalue weighted by molar-refractivity contribution is 5.73. The van der Waals surface area contributed by atoms with E-state index in [0.717, 1.165) is 25.2 Å². The first-order valence-electron chi connectivity index (χ1n) is 12.4. The summed E-state index contributed by atoms with van der Waals surface area (Å²) in [6.07, 6.45) is -8.96. The summed E-state index contributed by atoms with van der Waals surface area (Å²) >= 11 is 0. The van der Waals surface area contributed by atoms with Crippen LogP contribution in [-0.4, -0.2) is 91.7 Å². The Bertz CT molecular complexity index is 1260. The maximum atomic E-state index is 10.6. The maximum Gasteiger partial charge on any atom is 0.490 e. The fourth-order valence-corrected chi connectivity index (χ4v) is 4.26. The predicted molar refractivity (Wildman–Crippen MR) is 134 cm³/mol. The minimum absolute atomic E-state index is 0.646. The molecule has 2 saturated heterocycles. The number of carboxylic acids is 3. The molecule has 0 bridgehead atoms. The second kappa shape index (κ2) is 16.6. The van der Waals surface area contributed by atoms with E-state index < -0.39 is 36.4 Å². The largest absolute Gasteiger partial charge is 0.490 e. The molecule has 1 aromatic heterocycles. The number of aromatic nitrogens is 1. The van der Waals surface area contributed by atoms with Crippen molar-refractivity contribution in [3.05, 3.63) is 65.5 Å². The number of nitriles is 1. The molecule has 10 nitrogen and oxygen atoms in total. The second-order valence-corrected chi connectivity index (χ2v) is 9.24. The van der Waals surface area contributed by atoms with E-state index in [1.807, 2.05) is 36.7 Å². The third-order valence-corrected chi connectivity index (χ3v) is 6.08. The van der Waals surface area contributed by atoms with Gasteiger partial charge in [0.05, 0.1) is 11.6 Å². The van der Waals surface area contributed by atoms with Gasteiger partial charge in [-0.25, -0.2) is 14.4 Å². The lowest BCUT2D eigenvalue weighted by Crippen LogP contribution is -2.36. The average molecular weight is 660 g/mol. The van der Waals surface area contributed by atoms with Crippen LogP contribution in [0.3, 0.4) is 0 Å². The molecule has 2 fully saturated rings. The number of carbonyl (C=O) groups is 3. The van der Waals surface area contributed by atoms with Crippen LogP contribution in [0.25, 0.3) is 0 Å². The highest BCUT2D eigenvalue weighted by Gasteiger charge is 2.42.